The van der Waals surface area contributed by atoms with Crippen LogP contribution in [0.4, 0.5) is 5.69 Å². The number of ether oxygens (including phenoxy) is 2. The van der Waals surface area contributed by atoms with E-state index in [2.05, 4.69) is 5.32 Å². The summed E-state index contributed by atoms with van der Waals surface area (Å²) in [5, 5.41) is 21.1. The molecule has 5 heteroatoms. The fraction of sp³-hybridized carbons (Fsp3) is 0.500. The van der Waals surface area contributed by atoms with Crippen molar-refractivity contribution in [3.63, 3.8) is 0 Å². The third-order valence-corrected chi connectivity index (χ3v) is 2.58. The van der Waals surface area contributed by atoms with Gasteiger partial charge < -0.3 is 25.0 Å². The normalized spacial score (nSPS) is 10.5. The second kappa shape index (κ2) is 6.32. The van der Waals surface area contributed by atoms with Crippen LogP contribution in [-0.4, -0.2) is 43.7 Å². The molecule has 0 aliphatic carbocycles. The molecule has 17 heavy (non-hydrogen) atoms. The monoisotopic (exact) mass is 241 g/mol. The van der Waals surface area contributed by atoms with E-state index in [1.54, 1.807) is 20.3 Å². The van der Waals surface area contributed by atoms with Gasteiger partial charge in [0.1, 0.15) is 11.5 Å². The molecule has 0 saturated heterocycles. The molecular weight excluding hydrogens is 222 g/mol. The zero-order valence-electron chi connectivity index (χ0n) is 10.4. The first-order valence-electron chi connectivity index (χ1n) is 5.37. The van der Waals surface area contributed by atoms with Gasteiger partial charge in [-0.05, 0) is 19.1 Å². The number of anilines is 1. The van der Waals surface area contributed by atoms with Crippen molar-refractivity contribution < 1.29 is 19.7 Å². The van der Waals surface area contributed by atoms with Crippen LogP contribution in [-0.2, 0) is 0 Å². The molecule has 1 aromatic carbocycles. The Kier molecular flexibility index (Phi) is 5.06. The smallest absolute Gasteiger partial charge is 0.148 e. The summed E-state index contributed by atoms with van der Waals surface area (Å²) in [7, 11) is 3.17. The highest BCUT2D eigenvalue weighted by atomic mass is 16.5. The molecular formula is C12H19NO4. The van der Waals surface area contributed by atoms with E-state index in [1.165, 1.54) is 0 Å². The van der Waals surface area contributed by atoms with Gasteiger partial charge in [-0.15, -0.1) is 0 Å². The van der Waals surface area contributed by atoms with Gasteiger partial charge in [0.05, 0.1) is 39.2 Å². The minimum Gasteiger partial charge on any atom is -0.496 e. The molecule has 1 aromatic rings. The minimum absolute atomic E-state index is 0.148. The molecule has 0 radical (unpaired) electrons. The largest absolute Gasteiger partial charge is 0.496 e. The molecule has 0 aliphatic heterocycles. The molecule has 0 atom stereocenters. The summed E-state index contributed by atoms with van der Waals surface area (Å²) in [4.78, 5) is 0. The maximum atomic E-state index is 9.03. The van der Waals surface area contributed by atoms with Crippen molar-refractivity contribution in [1.29, 1.82) is 0 Å². The molecule has 0 unspecified atom stereocenters. The Hall–Kier alpha value is -1.46. The van der Waals surface area contributed by atoms with Gasteiger partial charge in [-0.25, -0.2) is 0 Å². The molecule has 5 nitrogen and oxygen atoms in total. The second-order valence-electron chi connectivity index (χ2n) is 3.68. The van der Waals surface area contributed by atoms with Gasteiger partial charge in [0.15, 0.2) is 0 Å². The van der Waals surface area contributed by atoms with Crippen molar-refractivity contribution in [1.82, 2.24) is 0 Å². The molecule has 0 spiro atoms. The highest BCUT2D eigenvalue weighted by Gasteiger charge is 2.14. The molecule has 96 valence electrons. The lowest BCUT2D eigenvalue weighted by molar-refractivity contribution is 0.203. The summed E-state index contributed by atoms with van der Waals surface area (Å²) in [6, 6.07) is 3.20. The number of hydrogen-bond acceptors (Lipinski definition) is 5. The number of hydrogen-bond donors (Lipinski definition) is 3. The van der Waals surface area contributed by atoms with Crippen molar-refractivity contribution >= 4 is 5.69 Å². The first-order valence-corrected chi connectivity index (χ1v) is 5.37. The van der Waals surface area contributed by atoms with Gasteiger partial charge in [-0.2, -0.15) is 0 Å². The Morgan fingerprint density at radius 1 is 1.18 bits per heavy atom. The van der Waals surface area contributed by atoms with E-state index in [0.717, 1.165) is 17.0 Å². The van der Waals surface area contributed by atoms with Crippen LogP contribution in [0.2, 0.25) is 0 Å². The van der Waals surface area contributed by atoms with Gasteiger partial charge >= 0.3 is 0 Å². The van der Waals surface area contributed by atoms with Crippen LogP contribution in [0, 0.1) is 6.92 Å². The molecule has 0 heterocycles. The topological polar surface area (TPSA) is 71.0 Å². The SMILES string of the molecule is COc1ccc(NC(CO)CO)c(OC)c1C. The van der Waals surface area contributed by atoms with E-state index in [4.69, 9.17) is 19.7 Å². The maximum Gasteiger partial charge on any atom is 0.148 e. The van der Waals surface area contributed by atoms with Crippen LogP contribution in [0.3, 0.4) is 0 Å². The second-order valence-corrected chi connectivity index (χ2v) is 3.68. The molecule has 0 saturated carbocycles. The van der Waals surface area contributed by atoms with E-state index in [0.29, 0.717) is 5.75 Å². The quantitative estimate of drug-likeness (QED) is 0.686. The number of rotatable bonds is 6. The van der Waals surface area contributed by atoms with Crippen LogP contribution in [0.15, 0.2) is 12.1 Å². The molecule has 0 aromatic heterocycles. The van der Waals surface area contributed by atoms with E-state index >= 15 is 0 Å². The molecule has 0 bridgehead atoms. The first-order chi connectivity index (χ1) is 8.17. The van der Waals surface area contributed by atoms with Gasteiger partial charge in [0, 0.05) is 5.56 Å². The summed E-state index contributed by atoms with van der Waals surface area (Å²) in [5.74, 6) is 1.38. The Bertz CT molecular complexity index is 364. The van der Waals surface area contributed by atoms with Crippen LogP contribution in [0.1, 0.15) is 5.56 Å². The highest BCUT2D eigenvalue weighted by Crippen LogP contribution is 2.35. The average molecular weight is 241 g/mol. The van der Waals surface area contributed by atoms with Crippen molar-refractivity contribution in [3.8, 4) is 11.5 Å². The van der Waals surface area contributed by atoms with E-state index < -0.39 is 6.04 Å². The van der Waals surface area contributed by atoms with Gasteiger partial charge in [-0.1, -0.05) is 0 Å². The van der Waals surface area contributed by atoms with Crippen LogP contribution >= 0.6 is 0 Å². The average Bonchev–Trinajstić information content (AvgIpc) is 2.36. The fourth-order valence-electron chi connectivity index (χ4n) is 1.64. The summed E-state index contributed by atoms with van der Waals surface area (Å²) < 4.78 is 10.5. The fourth-order valence-corrected chi connectivity index (χ4v) is 1.64. The lowest BCUT2D eigenvalue weighted by Gasteiger charge is -2.19. The molecule has 1 rings (SSSR count). The summed E-state index contributed by atoms with van der Waals surface area (Å²) in [5.41, 5.74) is 1.59. The van der Waals surface area contributed by atoms with Crippen molar-refractivity contribution in [2.45, 2.75) is 13.0 Å². The number of benzene rings is 1. The highest BCUT2D eigenvalue weighted by molar-refractivity contribution is 5.64. The van der Waals surface area contributed by atoms with E-state index in [9.17, 15) is 0 Å². The number of methoxy groups -OCH3 is 2. The Morgan fingerprint density at radius 3 is 2.29 bits per heavy atom. The van der Waals surface area contributed by atoms with Gasteiger partial charge in [0.2, 0.25) is 0 Å². The number of aliphatic hydroxyl groups is 2. The number of aliphatic hydroxyl groups excluding tert-OH is 2. The van der Waals surface area contributed by atoms with Crippen molar-refractivity contribution in [3.05, 3.63) is 17.7 Å². The Labute approximate surface area is 101 Å². The lowest BCUT2D eigenvalue weighted by atomic mass is 10.1. The van der Waals surface area contributed by atoms with Crippen LogP contribution < -0.4 is 14.8 Å². The molecule has 0 amide bonds. The zero-order chi connectivity index (χ0) is 12.8. The number of nitrogens with one attached hydrogen (secondary N) is 1. The third-order valence-electron chi connectivity index (χ3n) is 2.58. The van der Waals surface area contributed by atoms with Crippen LogP contribution in [0.5, 0.6) is 11.5 Å². The summed E-state index contributed by atoms with van der Waals surface area (Å²) in [6.45, 7) is 1.59. The molecule has 0 aliphatic rings. The van der Waals surface area contributed by atoms with Crippen LogP contribution in [0.25, 0.3) is 0 Å². The Balaban J connectivity index is 3.03. The van der Waals surface area contributed by atoms with E-state index in [1.807, 2.05) is 13.0 Å². The third kappa shape index (κ3) is 3.01. The summed E-state index contributed by atoms with van der Waals surface area (Å²) >= 11 is 0. The van der Waals surface area contributed by atoms with Crippen molar-refractivity contribution in [2.24, 2.45) is 0 Å². The lowest BCUT2D eigenvalue weighted by Crippen LogP contribution is -2.27. The van der Waals surface area contributed by atoms with Crippen molar-refractivity contribution in [2.75, 3.05) is 32.8 Å². The maximum absolute atomic E-state index is 9.03. The van der Waals surface area contributed by atoms with Gasteiger partial charge in [0.25, 0.3) is 0 Å². The molecule has 0 fully saturated rings. The molecule has 3 N–H and O–H groups in total. The summed E-state index contributed by atoms with van der Waals surface area (Å²) in [6.07, 6.45) is 0. The predicted octanol–water partition coefficient (Wildman–Crippen LogP) is 0.777. The minimum atomic E-state index is -0.406. The Morgan fingerprint density at radius 2 is 1.82 bits per heavy atom. The standard InChI is InChI=1S/C12H19NO4/c1-8-11(16-2)5-4-10(12(8)17-3)13-9(6-14)7-15/h4-5,9,13-15H,6-7H2,1-3H3. The predicted molar refractivity (Wildman–Crippen MR) is 65.9 cm³/mol. The van der Waals surface area contributed by atoms with Gasteiger partial charge in [-0.3, -0.25) is 0 Å². The zero-order valence-corrected chi connectivity index (χ0v) is 10.4. The first kappa shape index (κ1) is 13.6. The van der Waals surface area contributed by atoms with E-state index in [-0.39, 0.29) is 13.2 Å².